The normalized spacial score (nSPS) is 11.7. The average molecular weight is 401 g/mol. The van der Waals surface area contributed by atoms with Crippen LogP contribution in [0.25, 0.3) is 0 Å². The van der Waals surface area contributed by atoms with Gasteiger partial charge in [-0.05, 0) is 42.1 Å². The third-order valence-electron chi connectivity index (χ3n) is 2.95. The lowest BCUT2D eigenvalue weighted by Gasteiger charge is -2.12. The lowest BCUT2D eigenvalue weighted by Crippen LogP contribution is -2.09. The number of halogens is 6. The van der Waals surface area contributed by atoms with E-state index < -0.39 is 11.7 Å². The summed E-state index contributed by atoms with van der Waals surface area (Å²) in [5, 5.41) is 0.588. The first-order valence-electron chi connectivity index (χ1n) is 6.48. The lowest BCUT2D eigenvalue weighted by molar-refractivity contribution is -0.137. The summed E-state index contributed by atoms with van der Waals surface area (Å²) >= 11 is 18.9. The Kier molecular flexibility index (Phi) is 6.51. The van der Waals surface area contributed by atoms with Gasteiger partial charge in [-0.2, -0.15) is 13.2 Å². The molecule has 0 aliphatic rings. The highest BCUT2D eigenvalue weighted by molar-refractivity contribution is 7.97. The maximum Gasteiger partial charge on any atom is 0.416 e. The van der Waals surface area contributed by atoms with Gasteiger partial charge in [0.05, 0.1) is 20.5 Å². The Balaban J connectivity index is 1.97. The van der Waals surface area contributed by atoms with Gasteiger partial charge in [-0.15, -0.1) is 0 Å². The zero-order chi connectivity index (χ0) is 17.0. The maximum absolute atomic E-state index is 12.7. The molecule has 0 radical (unpaired) electrons. The van der Waals surface area contributed by atoms with Gasteiger partial charge in [0.25, 0.3) is 0 Å². The first-order valence-corrected chi connectivity index (χ1v) is 8.43. The van der Waals surface area contributed by atoms with Crippen LogP contribution in [0.3, 0.4) is 0 Å². The Hall–Kier alpha value is -0.590. The van der Waals surface area contributed by atoms with Gasteiger partial charge in [-0.25, -0.2) is 0 Å². The molecule has 1 nitrogen and oxygen atoms in total. The van der Waals surface area contributed by atoms with Crippen LogP contribution < -0.4 is 4.72 Å². The summed E-state index contributed by atoms with van der Waals surface area (Å²) in [5.74, 6) is 0. The summed E-state index contributed by atoms with van der Waals surface area (Å²) in [6, 6.07) is 9.17. The number of nitrogens with one attached hydrogen (secondary N) is 1. The quantitative estimate of drug-likeness (QED) is 0.454. The van der Waals surface area contributed by atoms with Crippen LogP contribution in [0.4, 0.5) is 13.2 Å². The standard InChI is InChI=1S/C15H11Cl3F3NS/c16-11-4-2-1-3-9(11)5-6-22-23-14-12(17)7-10(8-13(14)18)15(19,20)21/h1-4,7-8,22H,5-6H2. The fourth-order valence-corrected chi connectivity index (χ4v) is 3.44. The van der Waals surface area contributed by atoms with Gasteiger partial charge in [0.1, 0.15) is 0 Å². The average Bonchev–Trinajstić information content (AvgIpc) is 2.46. The summed E-state index contributed by atoms with van der Waals surface area (Å²) in [4.78, 5) is 0.362. The van der Waals surface area contributed by atoms with E-state index in [2.05, 4.69) is 4.72 Å². The van der Waals surface area contributed by atoms with Gasteiger partial charge < -0.3 is 0 Å². The van der Waals surface area contributed by atoms with Gasteiger partial charge in [0.15, 0.2) is 0 Å². The molecule has 23 heavy (non-hydrogen) atoms. The van der Waals surface area contributed by atoms with Crippen molar-refractivity contribution in [1.29, 1.82) is 0 Å². The molecule has 0 saturated heterocycles. The minimum atomic E-state index is -4.48. The zero-order valence-electron chi connectivity index (χ0n) is 11.6. The van der Waals surface area contributed by atoms with Gasteiger partial charge >= 0.3 is 6.18 Å². The van der Waals surface area contributed by atoms with E-state index in [1.54, 1.807) is 6.07 Å². The van der Waals surface area contributed by atoms with Crippen LogP contribution in [-0.2, 0) is 12.6 Å². The predicted octanol–water partition coefficient (Wildman–Crippen LogP) is 6.51. The van der Waals surface area contributed by atoms with Crippen LogP contribution in [0.5, 0.6) is 0 Å². The molecule has 0 unspecified atom stereocenters. The number of hydrogen-bond acceptors (Lipinski definition) is 2. The second-order valence-corrected chi connectivity index (χ2v) is 6.73. The van der Waals surface area contributed by atoms with E-state index in [-0.39, 0.29) is 10.0 Å². The van der Waals surface area contributed by atoms with Crippen LogP contribution >= 0.6 is 46.8 Å². The van der Waals surface area contributed by atoms with E-state index in [1.807, 2.05) is 18.2 Å². The molecule has 1 N–H and O–H groups in total. The Morgan fingerprint density at radius 3 is 2.13 bits per heavy atom. The van der Waals surface area contributed by atoms with Gasteiger partial charge in [-0.1, -0.05) is 53.0 Å². The minimum Gasteiger partial charge on any atom is -0.259 e. The topological polar surface area (TPSA) is 12.0 Å². The summed E-state index contributed by atoms with van der Waals surface area (Å²) in [7, 11) is 0. The lowest BCUT2D eigenvalue weighted by atomic mass is 10.1. The summed E-state index contributed by atoms with van der Waals surface area (Å²) in [5.41, 5.74) is 0.111. The predicted molar refractivity (Wildman–Crippen MR) is 90.5 cm³/mol. The van der Waals surface area contributed by atoms with Crippen molar-refractivity contribution in [2.45, 2.75) is 17.5 Å². The Labute approximate surface area is 151 Å². The molecule has 0 aliphatic heterocycles. The van der Waals surface area contributed by atoms with Gasteiger partial charge in [0, 0.05) is 11.6 Å². The second-order valence-electron chi connectivity index (χ2n) is 4.60. The van der Waals surface area contributed by atoms with Crippen LogP contribution in [-0.4, -0.2) is 6.54 Å². The summed E-state index contributed by atoms with van der Waals surface area (Å²) in [6.45, 7) is 0.558. The fourth-order valence-electron chi connectivity index (χ4n) is 1.83. The van der Waals surface area contributed by atoms with Crippen molar-refractivity contribution in [3.8, 4) is 0 Å². The van der Waals surface area contributed by atoms with Crippen LogP contribution in [0.1, 0.15) is 11.1 Å². The molecule has 0 spiro atoms. The molecule has 0 fully saturated rings. The third-order valence-corrected chi connectivity index (χ3v) is 5.14. The molecule has 0 bridgehead atoms. The molecule has 2 aromatic carbocycles. The van der Waals surface area contributed by atoms with E-state index in [4.69, 9.17) is 34.8 Å². The molecule has 124 valence electrons. The Morgan fingerprint density at radius 1 is 0.957 bits per heavy atom. The number of rotatable bonds is 5. The molecule has 2 rings (SSSR count). The van der Waals surface area contributed by atoms with Gasteiger partial charge in [0.2, 0.25) is 0 Å². The molecule has 0 aromatic heterocycles. The van der Waals surface area contributed by atoms with E-state index >= 15 is 0 Å². The molecule has 2 aromatic rings. The Bertz CT molecular complexity index is 669. The van der Waals surface area contributed by atoms with E-state index in [9.17, 15) is 13.2 Å². The highest BCUT2D eigenvalue weighted by Crippen LogP contribution is 2.39. The molecule has 8 heteroatoms. The largest absolute Gasteiger partial charge is 0.416 e. The first kappa shape index (κ1) is 18.7. The first-order chi connectivity index (χ1) is 10.8. The molecular weight excluding hydrogens is 390 g/mol. The van der Waals surface area contributed by atoms with E-state index in [0.29, 0.717) is 22.9 Å². The smallest absolute Gasteiger partial charge is 0.259 e. The molecule has 0 atom stereocenters. The Morgan fingerprint density at radius 2 is 1.57 bits per heavy atom. The van der Waals surface area contributed by atoms with Crippen LogP contribution in [0, 0.1) is 0 Å². The molecular formula is C15H11Cl3F3NS. The van der Waals surface area contributed by atoms with E-state index in [1.165, 1.54) is 0 Å². The zero-order valence-corrected chi connectivity index (χ0v) is 14.6. The second kappa shape index (κ2) is 7.99. The van der Waals surface area contributed by atoms with Crippen molar-refractivity contribution in [2.24, 2.45) is 0 Å². The van der Waals surface area contributed by atoms with Crippen molar-refractivity contribution in [3.05, 3.63) is 62.6 Å². The maximum atomic E-state index is 12.7. The molecule has 0 amide bonds. The third kappa shape index (κ3) is 5.19. The van der Waals surface area contributed by atoms with Crippen LogP contribution in [0.2, 0.25) is 15.1 Å². The molecule has 0 heterocycles. The highest BCUT2D eigenvalue weighted by Gasteiger charge is 2.32. The van der Waals surface area contributed by atoms with E-state index in [0.717, 1.165) is 29.6 Å². The van der Waals surface area contributed by atoms with Crippen molar-refractivity contribution in [2.75, 3.05) is 6.54 Å². The molecule has 0 saturated carbocycles. The van der Waals surface area contributed by atoms with Crippen molar-refractivity contribution >= 4 is 46.8 Å². The number of benzene rings is 2. The monoisotopic (exact) mass is 399 g/mol. The fraction of sp³-hybridized carbons (Fsp3) is 0.200. The van der Waals surface area contributed by atoms with Crippen LogP contribution in [0.15, 0.2) is 41.3 Å². The summed E-state index contributed by atoms with van der Waals surface area (Å²) < 4.78 is 41.0. The van der Waals surface area contributed by atoms with Gasteiger partial charge in [-0.3, -0.25) is 4.72 Å². The number of hydrogen-bond donors (Lipinski definition) is 1. The SMILES string of the molecule is FC(F)(F)c1cc(Cl)c(SNCCc2ccccc2Cl)c(Cl)c1. The number of alkyl halides is 3. The highest BCUT2D eigenvalue weighted by atomic mass is 35.5. The van der Waals surface area contributed by atoms with Crippen molar-refractivity contribution in [1.82, 2.24) is 4.72 Å². The molecule has 0 aliphatic carbocycles. The summed E-state index contributed by atoms with van der Waals surface area (Å²) in [6.07, 6.45) is -3.81. The van der Waals surface area contributed by atoms with Crippen molar-refractivity contribution < 1.29 is 13.2 Å². The minimum absolute atomic E-state index is 0.0416. The van der Waals surface area contributed by atoms with Crippen molar-refractivity contribution in [3.63, 3.8) is 0 Å².